The first kappa shape index (κ1) is 13.9. The van der Waals surface area contributed by atoms with E-state index in [1.165, 1.54) is 37.8 Å². The molecule has 0 amide bonds. The van der Waals surface area contributed by atoms with Crippen molar-refractivity contribution in [3.8, 4) is 5.75 Å². The van der Waals surface area contributed by atoms with Crippen LogP contribution < -0.4 is 10.5 Å². The summed E-state index contributed by atoms with van der Waals surface area (Å²) >= 11 is 0. The average Bonchev–Trinajstić information content (AvgIpc) is 2.43. The second kappa shape index (κ2) is 5.36. The van der Waals surface area contributed by atoms with Gasteiger partial charge in [0.25, 0.3) is 0 Å². The lowest BCUT2D eigenvalue weighted by Crippen LogP contribution is -2.45. The largest absolute Gasteiger partial charge is 0.487 e. The van der Waals surface area contributed by atoms with Crippen LogP contribution in [0.25, 0.3) is 0 Å². The quantitative estimate of drug-likeness (QED) is 0.873. The molecule has 0 radical (unpaired) electrons. The van der Waals surface area contributed by atoms with Crippen molar-refractivity contribution < 1.29 is 9.13 Å². The lowest BCUT2D eigenvalue weighted by molar-refractivity contribution is -0.0117. The number of ether oxygens (including phenoxy) is 1. The Balaban J connectivity index is 1.76. The summed E-state index contributed by atoms with van der Waals surface area (Å²) in [7, 11) is 0. The standard InChI is InChI=1S/C17H24FNO/c1-2-3-12-6-8-17(9-7-12)11-15(19)14-10-13(18)4-5-16(14)20-17/h4-5,10,12,15H,2-3,6-9,11,19H2,1H3/t12?,15-,17?/m1/s1. The van der Waals surface area contributed by atoms with E-state index in [0.717, 1.165) is 36.5 Å². The Morgan fingerprint density at radius 2 is 2.10 bits per heavy atom. The lowest BCUT2D eigenvalue weighted by Gasteiger charge is -2.45. The van der Waals surface area contributed by atoms with Crippen molar-refractivity contribution in [2.45, 2.75) is 63.5 Å². The maximum atomic E-state index is 13.3. The molecule has 1 aromatic carbocycles. The van der Waals surface area contributed by atoms with Crippen molar-refractivity contribution in [2.24, 2.45) is 11.7 Å². The van der Waals surface area contributed by atoms with Crippen molar-refractivity contribution >= 4 is 0 Å². The van der Waals surface area contributed by atoms with Crippen LogP contribution in [0.5, 0.6) is 5.75 Å². The van der Waals surface area contributed by atoms with Gasteiger partial charge in [-0.3, -0.25) is 0 Å². The lowest BCUT2D eigenvalue weighted by atomic mass is 9.72. The van der Waals surface area contributed by atoms with Crippen LogP contribution in [-0.4, -0.2) is 5.60 Å². The Morgan fingerprint density at radius 3 is 2.80 bits per heavy atom. The molecule has 2 N–H and O–H groups in total. The molecule has 1 heterocycles. The van der Waals surface area contributed by atoms with Gasteiger partial charge in [-0.1, -0.05) is 19.8 Å². The number of rotatable bonds is 2. The molecule has 2 aliphatic rings. The summed E-state index contributed by atoms with van der Waals surface area (Å²) in [6, 6.07) is 4.63. The van der Waals surface area contributed by atoms with E-state index in [2.05, 4.69) is 6.92 Å². The molecule has 20 heavy (non-hydrogen) atoms. The first-order chi connectivity index (χ1) is 9.62. The fourth-order valence-corrected chi connectivity index (χ4v) is 3.89. The minimum absolute atomic E-state index is 0.0998. The van der Waals surface area contributed by atoms with E-state index in [1.54, 1.807) is 6.07 Å². The zero-order chi connectivity index (χ0) is 14.2. The van der Waals surface area contributed by atoms with Gasteiger partial charge in [-0.05, 0) is 49.8 Å². The highest BCUT2D eigenvalue weighted by atomic mass is 19.1. The fourth-order valence-electron chi connectivity index (χ4n) is 3.89. The predicted octanol–water partition coefficient (Wildman–Crippen LogP) is 4.34. The van der Waals surface area contributed by atoms with Crippen LogP contribution in [0.15, 0.2) is 18.2 Å². The number of hydrogen-bond donors (Lipinski definition) is 1. The molecule has 1 aliphatic heterocycles. The summed E-state index contributed by atoms with van der Waals surface area (Å²) in [6.07, 6.45) is 8.05. The number of benzene rings is 1. The Hall–Kier alpha value is -1.09. The van der Waals surface area contributed by atoms with Gasteiger partial charge in [0, 0.05) is 18.0 Å². The summed E-state index contributed by atoms with van der Waals surface area (Å²) in [6.45, 7) is 2.25. The maximum Gasteiger partial charge on any atom is 0.125 e. The highest BCUT2D eigenvalue weighted by molar-refractivity contribution is 5.39. The van der Waals surface area contributed by atoms with Crippen molar-refractivity contribution in [2.75, 3.05) is 0 Å². The maximum absolute atomic E-state index is 13.3. The van der Waals surface area contributed by atoms with E-state index in [-0.39, 0.29) is 17.5 Å². The summed E-state index contributed by atoms with van der Waals surface area (Å²) in [5, 5.41) is 0. The Kier molecular flexibility index (Phi) is 3.72. The molecule has 1 aliphatic carbocycles. The molecule has 0 saturated heterocycles. The fraction of sp³-hybridized carbons (Fsp3) is 0.647. The monoisotopic (exact) mass is 277 g/mol. The molecular weight excluding hydrogens is 253 g/mol. The Morgan fingerprint density at radius 1 is 1.35 bits per heavy atom. The van der Waals surface area contributed by atoms with Crippen molar-refractivity contribution in [3.63, 3.8) is 0 Å². The summed E-state index contributed by atoms with van der Waals surface area (Å²) in [5.74, 6) is 1.41. The molecule has 2 nitrogen and oxygen atoms in total. The summed E-state index contributed by atoms with van der Waals surface area (Å²) < 4.78 is 19.6. The van der Waals surface area contributed by atoms with Crippen LogP contribution in [-0.2, 0) is 0 Å². The van der Waals surface area contributed by atoms with Crippen LogP contribution in [0.4, 0.5) is 4.39 Å². The molecule has 1 aromatic rings. The van der Waals surface area contributed by atoms with Gasteiger partial charge in [-0.25, -0.2) is 4.39 Å². The van der Waals surface area contributed by atoms with Gasteiger partial charge in [0.05, 0.1) is 0 Å². The third kappa shape index (κ3) is 2.56. The van der Waals surface area contributed by atoms with Crippen LogP contribution in [0.2, 0.25) is 0 Å². The van der Waals surface area contributed by atoms with Gasteiger partial charge < -0.3 is 10.5 Å². The second-order valence-corrected chi connectivity index (χ2v) is 6.51. The Labute approximate surface area is 120 Å². The highest BCUT2D eigenvalue weighted by Gasteiger charge is 2.42. The molecule has 0 aromatic heterocycles. The van der Waals surface area contributed by atoms with Crippen LogP contribution in [0, 0.1) is 11.7 Å². The van der Waals surface area contributed by atoms with Gasteiger partial charge in [0.2, 0.25) is 0 Å². The van der Waals surface area contributed by atoms with Gasteiger partial charge in [0.1, 0.15) is 17.2 Å². The van der Waals surface area contributed by atoms with Gasteiger partial charge in [-0.15, -0.1) is 0 Å². The molecule has 0 bridgehead atoms. The zero-order valence-corrected chi connectivity index (χ0v) is 12.2. The topological polar surface area (TPSA) is 35.2 Å². The molecule has 110 valence electrons. The van der Waals surface area contributed by atoms with Crippen molar-refractivity contribution in [1.82, 2.24) is 0 Å². The number of fused-ring (bicyclic) bond motifs is 1. The van der Waals surface area contributed by atoms with Crippen LogP contribution in [0.1, 0.15) is 63.5 Å². The van der Waals surface area contributed by atoms with Crippen molar-refractivity contribution in [3.05, 3.63) is 29.6 Å². The van der Waals surface area contributed by atoms with E-state index in [0.29, 0.717) is 0 Å². The van der Waals surface area contributed by atoms with Gasteiger partial charge >= 0.3 is 0 Å². The third-order valence-electron chi connectivity index (χ3n) is 5.00. The molecule has 1 saturated carbocycles. The van der Waals surface area contributed by atoms with Crippen LogP contribution >= 0.6 is 0 Å². The third-order valence-corrected chi connectivity index (χ3v) is 5.00. The first-order valence-electron chi connectivity index (χ1n) is 7.86. The normalized spacial score (nSPS) is 32.8. The molecule has 1 spiro atoms. The minimum atomic E-state index is -0.231. The van der Waals surface area contributed by atoms with E-state index >= 15 is 0 Å². The predicted molar refractivity (Wildman–Crippen MR) is 78.2 cm³/mol. The highest BCUT2D eigenvalue weighted by Crippen LogP contribution is 2.47. The molecule has 3 rings (SSSR count). The Bertz CT molecular complexity index is 480. The second-order valence-electron chi connectivity index (χ2n) is 6.51. The van der Waals surface area contributed by atoms with Crippen LogP contribution in [0.3, 0.4) is 0 Å². The zero-order valence-electron chi connectivity index (χ0n) is 12.2. The molecule has 0 unspecified atom stereocenters. The van der Waals surface area contributed by atoms with Gasteiger partial charge in [0.15, 0.2) is 0 Å². The molecule has 3 heteroatoms. The SMILES string of the molecule is CCCC1CCC2(CC1)C[C@@H](N)c1cc(F)ccc1O2. The smallest absolute Gasteiger partial charge is 0.125 e. The van der Waals surface area contributed by atoms with Crippen molar-refractivity contribution in [1.29, 1.82) is 0 Å². The minimum Gasteiger partial charge on any atom is -0.487 e. The number of hydrogen-bond acceptors (Lipinski definition) is 2. The average molecular weight is 277 g/mol. The number of nitrogens with two attached hydrogens (primary N) is 1. The van der Waals surface area contributed by atoms with E-state index in [9.17, 15) is 4.39 Å². The molecular formula is C17H24FNO. The summed E-state index contributed by atoms with van der Waals surface area (Å²) in [5.41, 5.74) is 6.99. The van der Waals surface area contributed by atoms with E-state index in [1.807, 2.05) is 0 Å². The molecule has 1 fully saturated rings. The first-order valence-corrected chi connectivity index (χ1v) is 7.86. The summed E-state index contributed by atoms with van der Waals surface area (Å²) in [4.78, 5) is 0. The number of halogens is 1. The van der Waals surface area contributed by atoms with E-state index in [4.69, 9.17) is 10.5 Å². The van der Waals surface area contributed by atoms with E-state index < -0.39 is 0 Å². The van der Waals surface area contributed by atoms with Gasteiger partial charge in [-0.2, -0.15) is 0 Å². The molecule has 1 atom stereocenters.